The molecule has 2 rings (SSSR count). The fourth-order valence-corrected chi connectivity index (χ4v) is 5.52. The summed E-state index contributed by atoms with van der Waals surface area (Å²) in [6, 6.07) is 9.49. The van der Waals surface area contributed by atoms with E-state index in [1.54, 1.807) is 0 Å². The molecule has 2 atom stereocenters. The number of unbranched alkanes of at least 4 members (excludes halogenated alkanes) is 1. The highest BCUT2D eigenvalue weighted by Gasteiger charge is 2.53. The molecule has 0 heterocycles. The summed E-state index contributed by atoms with van der Waals surface area (Å²) in [6.45, 7) is 0.407. The van der Waals surface area contributed by atoms with Crippen LogP contribution >= 0.6 is 7.60 Å². The van der Waals surface area contributed by atoms with Gasteiger partial charge in [0.2, 0.25) is 5.91 Å². The summed E-state index contributed by atoms with van der Waals surface area (Å²) >= 11 is 0. The summed E-state index contributed by atoms with van der Waals surface area (Å²) in [7, 11) is -4.42. The number of hydrogen-bond acceptors (Lipinski definition) is 5. The Kier molecular flexibility index (Phi) is 8.83. The van der Waals surface area contributed by atoms with Gasteiger partial charge in [0.05, 0.1) is 0 Å². The van der Waals surface area contributed by atoms with E-state index in [0.717, 1.165) is 5.56 Å². The molecule has 0 aromatic heterocycles. The van der Waals surface area contributed by atoms with Gasteiger partial charge in [-0.2, -0.15) is 0 Å². The van der Waals surface area contributed by atoms with Crippen molar-refractivity contribution >= 4 is 19.5 Å². The molecule has 0 spiro atoms. The maximum absolute atomic E-state index is 13.1. The van der Waals surface area contributed by atoms with E-state index in [4.69, 9.17) is 10.3 Å². The molecule has 1 aromatic rings. The number of hydrogen-bond donors (Lipinski definition) is 4. The van der Waals surface area contributed by atoms with Crippen molar-refractivity contribution in [2.45, 2.75) is 69.2 Å². The van der Waals surface area contributed by atoms with E-state index >= 15 is 0 Å². The number of nitrogens with two attached hydrogens (primary N) is 1. The molecule has 1 aromatic carbocycles. The van der Waals surface area contributed by atoms with E-state index in [9.17, 15) is 24.2 Å². The number of amides is 1. The Morgan fingerprint density at radius 1 is 1.21 bits per heavy atom. The lowest BCUT2D eigenvalue weighted by Crippen LogP contribution is -2.47. The monoisotopic (exact) mass is 426 g/mol. The summed E-state index contributed by atoms with van der Waals surface area (Å²) in [5, 5.41) is 10.7. The van der Waals surface area contributed by atoms with Gasteiger partial charge in [-0.25, -0.2) is 4.79 Å². The van der Waals surface area contributed by atoms with Crippen molar-refractivity contribution in [2.75, 3.05) is 6.54 Å². The number of nitrogens with one attached hydrogen (secondary N) is 1. The second kappa shape index (κ2) is 10.9. The van der Waals surface area contributed by atoms with Crippen LogP contribution in [0.1, 0.15) is 56.9 Å². The van der Waals surface area contributed by atoms with Crippen LogP contribution in [-0.2, 0) is 25.1 Å². The van der Waals surface area contributed by atoms with Gasteiger partial charge in [0.15, 0.2) is 6.10 Å². The zero-order valence-electron chi connectivity index (χ0n) is 16.6. The van der Waals surface area contributed by atoms with Crippen LogP contribution in [0.15, 0.2) is 30.3 Å². The molecule has 1 saturated carbocycles. The Balaban J connectivity index is 2.05. The van der Waals surface area contributed by atoms with Crippen LogP contribution in [0.25, 0.3) is 0 Å². The minimum Gasteiger partial charge on any atom is -0.479 e. The van der Waals surface area contributed by atoms with Gasteiger partial charge in [-0.05, 0) is 50.6 Å². The number of carboxylic acids is 1. The molecule has 1 aliphatic carbocycles. The average Bonchev–Trinajstić information content (AvgIpc) is 3.17. The van der Waals surface area contributed by atoms with Crippen LogP contribution in [0.5, 0.6) is 0 Å². The minimum absolute atomic E-state index is 0.0924. The largest absolute Gasteiger partial charge is 0.479 e. The van der Waals surface area contributed by atoms with Crippen LogP contribution < -0.4 is 11.1 Å². The minimum atomic E-state index is -4.42. The summed E-state index contributed by atoms with van der Waals surface area (Å²) in [6.07, 6.45) is 2.34. The first kappa shape index (κ1) is 23.5. The highest BCUT2D eigenvalue weighted by atomic mass is 31.2. The molecule has 0 aliphatic heterocycles. The van der Waals surface area contributed by atoms with E-state index in [1.807, 2.05) is 30.3 Å². The molecule has 162 valence electrons. The van der Waals surface area contributed by atoms with Crippen molar-refractivity contribution < 1.29 is 28.7 Å². The fourth-order valence-electron chi connectivity index (χ4n) is 3.63. The smallest absolute Gasteiger partial charge is 0.354 e. The molecule has 0 radical (unpaired) electrons. The number of aliphatic carboxylic acids is 1. The highest BCUT2D eigenvalue weighted by Crippen LogP contribution is 2.61. The third-order valence-corrected chi connectivity index (χ3v) is 7.47. The van der Waals surface area contributed by atoms with Gasteiger partial charge in [-0.15, -0.1) is 0 Å². The zero-order valence-corrected chi connectivity index (χ0v) is 17.5. The van der Waals surface area contributed by atoms with Crippen LogP contribution in [0.4, 0.5) is 0 Å². The van der Waals surface area contributed by atoms with Gasteiger partial charge in [-0.3, -0.25) is 13.9 Å². The summed E-state index contributed by atoms with van der Waals surface area (Å²) in [5.41, 5.74) is 6.42. The first-order valence-electron chi connectivity index (χ1n) is 10.1. The van der Waals surface area contributed by atoms with Gasteiger partial charge in [0.1, 0.15) is 5.28 Å². The fraction of sp³-hybridized carbons (Fsp3) is 0.600. The maximum Gasteiger partial charge on any atom is 0.354 e. The number of carbonyl (C=O) groups excluding carboxylic acids is 1. The summed E-state index contributed by atoms with van der Waals surface area (Å²) in [5.74, 6) is -1.64. The summed E-state index contributed by atoms with van der Waals surface area (Å²) in [4.78, 5) is 34.7. The van der Waals surface area contributed by atoms with E-state index in [2.05, 4.69) is 5.32 Å². The topological polar surface area (TPSA) is 139 Å². The maximum atomic E-state index is 13.1. The van der Waals surface area contributed by atoms with Crippen LogP contribution in [-0.4, -0.2) is 39.8 Å². The summed E-state index contributed by atoms with van der Waals surface area (Å²) < 4.78 is 18.4. The van der Waals surface area contributed by atoms with Crippen molar-refractivity contribution in [1.29, 1.82) is 0 Å². The second-order valence-electron chi connectivity index (χ2n) is 7.51. The number of carbonyl (C=O) groups is 2. The number of rotatable bonds is 12. The van der Waals surface area contributed by atoms with Crippen molar-refractivity contribution in [3.05, 3.63) is 35.9 Å². The van der Waals surface area contributed by atoms with Gasteiger partial charge >= 0.3 is 13.6 Å². The Hall–Kier alpha value is -1.73. The quantitative estimate of drug-likeness (QED) is 0.298. The molecule has 1 fully saturated rings. The van der Waals surface area contributed by atoms with Crippen molar-refractivity contribution in [3.8, 4) is 0 Å². The standard InChI is InChI=1S/C20H31N2O6P/c21-15-7-4-10-17(19(24)25)28-29(26,27)20(13-5-6-14-20)22-18(23)12-11-16-8-2-1-3-9-16/h1-3,8-9,17H,4-7,10-15,21H2,(H,22,23)(H,24,25)(H,26,27)/t17-/m1/s1. The Labute approximate surface area is 171 Å². The van der Waals surface area contributed by atoms with Crippen molar-refractivity contribution in [3.63, 3.8) is 0 Å². The number of carboxylic acid groups (broad SMARTS) is 1. The first-order chi connectivity index (χ1) is 13.8. The van der Waals surface area contributed by atoms with E-state index in [0.29, 0.717) is 38.6 Å². The predicted molar refractivity (Wildman–Crippen MR) is 109 cm³/mol. The van der Waals surface area contributed by atoms with Crippen LogP contribution in [0.2, 0.25) is 0 Å². The van der Waals surface area contributed by atoms with Crippen LogP contribution in [0.3, 0.4) is 0 Å². The lowest BCUT2D eigenvalue weighted by molar-refractivity contribution is -0.146. The molecule has 9 heteroatoms. The lowest BCUT2D eigenvalue weighted by Gasteiger charge is -2.35. The third-order valence-electron chi connectivity index (χ3n) is 5.29. The lowest BCUT2D eigenvalue weighted by atomic mass is 10.1. The molecule has 29 heavy (non-hydrogen) atoms. The molecular weight excluding hydrogens is 395 g/mol. The predicted octanol–water partition coefficient (Wildman–Crippen LogP) is 2.79. The SMILES string of the molecule is NCCCC[C@@H](OP(=O)(O)C1(NC(=O)CCc2ccccc2)CCCC1)C(=O)O. The van der Waals surface area contributed by atoms with E-state index < -0.39 is 24.9 Å². The Morgan fingerprint density at radius 2 is 1.86 bits per heavy atom. The van der Waals surface area contributed by atoms with Gasteiger partial charge in [0, 0.05) is 6.42 Å². The van der Waals surface area contributed by atoms with Gasteiger partial charge < -0.3 is 21.1 Å². The van der Waals surface area contributed by atoms with Gasteiger partial charge in [0.25, 0.3) is 0 Å². The molecule has 5 N–H and O–H groups in total. The Bertz CT molecular complexity index is 721. The second-order valence-corrected chi connectivity index (χ2v) is 9.62. The molecule has 0 bridgehead atoms. The molecule has 1 aliphatic rings. The van der Waals surface area contributed by atoms with Crippen LogP contribution in [0, 0.1) is 0 Å². The molecule has 1 amide bonds. The number of benzene rings is 1. The molecule has 8 nitrogen and oxygen atoms in total. The van der Waals surface area contributed by atoms with E-state index in [1.165, 1.54) is 0 Å². The first-order valence-corrected chi connectivity index (χ1v) is 11.7. The number of aryl methyl sites for hydroxylation is 1. The molecule has 1 unspecified atom stereocenters. The highest BCUT2D eigenvalue weighted by molar-refractivity contribution is 7.54. The Morgan fingerprint density at radius 3 is 2.45 bits per heavy atom. The zero-order chi connectivity index (χ0) is 21.3. The third kappa shape index (κ3) is 6.64. The van der Waals surface area contributed by atoms with E-state index in [-0.39, 0.29) is 31.6 Å². The normalized spacial score (nSPS) is 18.7. The van der Waals surface area contributed by atoms with Crippen molar-refractivity contribution in [2.24, 2.45) is 5.73 Å². The molecule has 0 saturated heterocycles. The average molecular weight is 426 g/mol. The van der Waals surface area contributed by atoms with Gasteiger partial charge in [-0.1, -0.05) is 43.2 Å². The molecular formula is C20H31N2O6P. The van der Waals surface area contributed by atoms with Crippen molar-refractivity contribution in [1.82, 2.24) is 5.32 Å².